The van der Waals surface area contributed by atoms with Gasteiger partial charge in [0, 0.05) is 77.6 Å². The molecule has 0 N–H and O–H groups in total. The van der Waals surface area contributed by atoms with Crippen molar-refractivity contribution < 1.29 is 0 Å². The second-order valence-electron chi connectivity index (χ2n) is 30.9. The molecular weight excluding hydrogens is 1260 g/mol. The summed E-state index contributed by atoms with van der Waals surface area (Å²) in [5.41, 5.74) is 23.8. The Labute approximate surface area is 610 Å². The van der Waals surface area contributed by atoms with Crippen LogP contribution < -0.4 is 19.6 Å². The summed E-state index contributed by atoms with van der Waals surface area (Å²) in [5.74, 6) is 0. The molecule has 16 aromatic rings. The van der Waals surface area contributed by atoms with Crippen LogP contribution in [-0.4, -0.2) is 11.1 Å². The van der Waals surface area contributed by atoms with Gasteiger partial charge in [0.15, 0.2) is 0 Å². The normalized spacial score (nSPS) is 19.7. The number of hydrogen-bond acceptors (Lipinski definition) is 4. The molecule has 20 rings (SSSR count). The highest BCUT2D eigenvalue weighted by Crippen LogP contribution is 2.65. The first-order valence-electron chi connectivity index (χ1n) is 37.7. The fourth-order valence-electron chi connectivity index (χ4n) is 20.0. The maximum Gasteiger partial charge on any atom is 0.0618 e. The van der Waals surface area contributed by atoms with E-state index >= 15 is 0 Å². The molecule has 16 aromatic carbocycles. The maximum atomic E-state index is 2.71. The van der Waals surface area contributed by atoms with E-state index in [4.69, 9.17) is 0 Å². The topological polar surface area (TPSA) is 13.0 Å². The molecule has 0 spiro atoms. The van der Waals surface area contributed by atoms with E-state index in [0.29, 0.717) is 0 Å². The van der Waals surface area contributed by atoms with Crippen molar-refractivity contribution in [3.8, 4) is 44.5 Å². The van der Waals surface area contributed by atoms with Gasteiger partial charge < -0.3 is 19.6 Å². The number of hydrogen-bond donors (Lipinski definition) is 0. The van der Waals surface area contributed by atoms with Crippen LogP contribution >= 0.6 is 0 Å². The van der Waals surface area contributed by atoms with Crippen LogP contribution in [0.25, 0.3) is 98.4 Å². The van der Waals surface area contributed by atoms with Crippen LogP contribution in [0.4, 0.5) is 56.9 Å². The monoisotopic (exact) mass is 1340 g/mol. The lowest BCUT2D eigenvalue weighted by Crippen LogP contribution is -2.54. The molecule has 0 saturated heterocycles. The first kappa shape index (κ1) is 62.1. The van der Waals surface area contributed by atoms with Crippen molar-refractivity contribution in [2.75, 3.05) is 19.6 Å². The zero-order valence-corrected chi connectivity index (χ0v) is 59.6. The number of nitrogens with zero attached hydrogens (tertiary/aromatic N) is 4. The third kappa shape index (κ3) is 9.29. The minimum atomic E-state index is -0.134. The van der Waals surface area contributed by atoms with E-state index in [-0.39, 0.29) is 21.9 Å². The van der Waals surface area contributed by atoms with Gasteiger partial charge in [-0.1, -0.05) is 282 Å². The second kappa shape index (κ2) is 23.9. The Morgan fingerprint density at radius 2 is 0.606 bits per heavy atom. The number of anilines is 10. The lowest BCUT2D eigenvalue weighted by Gasteiger charge is -2.50. The Balaban J connectivity index is 0.876. The van der Waals surface area contributed by atoms with Gasteiger partial charge in [0.1, 0.15) is 0 Å². The van der Waals surface area contributed by atoms with Crippen molar-refractivity contribution in [2.24, 2.45) is 0 Å². The van der Waals surface area contributed by atoms with E-state index in [2.05, 4.69) is 375 Å². The van der Waals surface area contributed by atoms with Crippen molar-refractivity contribution >= 4 is 111 Å². The molecule has 0 aromatic heterocycles. The zero-order chi connectivity index (χ0) is 69.5. The molecule has 0 bridgehead atoms. The van der Waals surface area contributed by atoms with Crippen molar-refractivity contribution in [1.29, 1.82) is 0 Å². The highest BCUT2D eigenvalue weighted by molar-refractivity contribution is 6.29. The van der Waals surface area contributed by atoms with Gasteiger partial charge in [-0.15, -0.1) is 0 Å². The van der Waals surface area contributed by atoms with Gasteiger partial charge in [0.05, 0.1) is 33.8 Å². The first-order valence-corrected chi connectivity index (χ1v) is 37.7. The summed E-state index contributed by atoms with van der Waals surface area (Å²) < 4.78 is 0. The predicted octanol–water partition coefficient (Wildman–Crippen LogP) is 28.0. The molecule has 104 heavy (non-hydrogen) atoms. The van der Waals surface area contributed by atoms with Crippen LogP contribution in [0.2, 0.25) is 0 Å². The fraction of sp³-hybridized carbons (Fsp3) is 0.160. The van der Waals surface area contributed by atoms with Gasteiger partial charge in [-0.25, -0.2) is 0 Å². The molecule has 502 valence electrons. The molecule has 2 aliphatic heterocycles. The van der Waals surface area contributed by atoms with Crippen LogP contribution in [0, 0.1) is 0 Å². The second-order valence-corrected chi connectivity index (χ2v) is 30.9. The molecule has 4 aliphatic rings. The van der Waals surface area contributed by atoms with E-state index in [1.807, 2.05) is 0 Å². The smallest absolute Gasteiger partial charge is 0.0618 e. The van der Waals surface area contributed by atoms with Gasteiger partial charge in [0.2, 0.25) is 0 Å². The summed E-state index contributed by atoms with van der Waals surface area (Å²) in [6, 6.07) is 125. The highest BCUT2D eigenvalue weighted by atomic mass is 15.3. The number of benzene rings is 16. The van der Waals surface area contributed by atoms with Crippen molar-refractivity contribution in [2.45, 2.75) is 101 Å². The van der Waals surface area contributed by atoms with E-state index in [1.54, 1.807) is 0 Å². The molecule has 4 unspecified atom stereocenters. The summed E-state index contributed by atoms with van der Waals surface area (Å²) >= 11 is 0. The van der Waals surface area contributed by atoms with Gasteiger partial charge in [-0.05, 0) is 201 Å². The van der Waals surface area contributed by atoms with Crippen LogP contribution in [0.15, 0.2) is 328 Å². The van der Waals surface area contributed by atoms with Gasteiger partial charge in [-0.2, -0.15) is 0 Å². The average molecular weight is 1340 g/mol. The van der Waals surface area contributed by atoms with E-state index < -0.39 is 0 Å². The zero-order valence-electron chi connectivity index (χ0n) is 59.6. The van der Waals surface area contributed by atoms with Gasteiger partial charge in [0.25, 0.3) is 0 Å². The van der Waals surface area contributed by atoms with Crippen molar-refractivity contribution in [3.63, 3.8) is 0 Å². The van der Waals surface area contributed by atoms with Gasteiger partial charge >= 0.3 is 0 Å². The quantitative estimate of drug-likeness (QED) is 0.113. The van der Waals surface area contributed by atoms with E-state index in [0.717, 1.165) is 59.8 Å². The Morgan fingerprint density at radius 1 is 0.269 bits per heavy atom. The van der Waals surface area contributed by atoms with Crippen LogP contribution in [0.5, 0.6) is 0 Å². The summed E-state index contributed by atoms with van der Waals surface area (Å²) in [6.07, 6.45) is 9.26. The summed E-state index contributed by atoms with van der Waals surface area (Å²) in [4.78, 5) is 10.8. The third-order valence-corrected chi connectivity index (χ3v) is 25.6. The highest BCUT2D eigenvalue weighted by Gasteiger charge is 2.59. The molecule has 0 amide bonds. The standard InChI is InChI=1S/C100H82N4/c1-97-59-23-25-61-99(97,3)103(77-35-19-9-20-36-77)91-57-49-79(65-87(91)97)101(95-81(69-31-15-7-16-32-69)51-43-71-39-41-75(63-85(71)95)67-27-11-5-12-28-67)89-55-47-73-46-54-84-90(56-48-74-45-53-83(89)93(73)94(74)84)102(80-50-58-92-88(66-80)98(2)60-24-26-62-100(98,4)104(92)78-37-21-10-22-38-78)96-82(70-33-17-8-18-34-70)52-44-72-40-42-76(64-86(72)96)68-29-13-6-14-30-68/h5-22,27-58,63-66H,23-26,59-62H2,1-4H3. The average Bonchev–Trinajstić information content (AvgIpc) is 1.47. The summed E-state index contributed by atoms with van der Waals surface area (Å²) in [7, 11) is 0. The van der Waals surface area contributed by atoms with Crippen LogP contribution in [-0.2, 0) is 10.8 Å². The third-order valence-electron chi connectivity index (χ3n) is 25.6. The number of fused-ring (bicyclic) bond motifs is 8. The van der Waals surface area contributed by atoms with Crippen LogP contribution in [0.3, 0.4) is 0 Å². The first-order chi connectivity index (χ1) is 51.1. The molecule has 2 aliphatic carbocycles. The molecular formula is C100H82N4. The van der Waals surface area contributed by atoms with Gasteiger partial charge in [-0.3, -0.25) is 0 Å². The Hall–Kier alpha value is -11.7. The largest absolute Gasteiger partial charge is 0.334 e. The predicted molar refractivity (Wildman–Crippen MR) is 442 cm³/mol. The van der Waals surface area contributed by atoms with E-state index in [1.165, 1.54) is 158 Å². The molecule has 4 atom stereocenters. The lowest BCUT2D eigenvalue weighted by molar-refractivity contribution is 0.195. The summed E-state index contributed by atoms with van der Waals surface area (Å²) in [6.45, 7) is 10.3. The Kier molecular flexibility index (Phi) is 14.3. The molecule has 0 radical (unpaired) electrons. The van der Waals surface area contributed by atoms with Crippen LogP contribution in [0.1, 0.15) is 90.2 Å². The molecule has 4 nitrogen and oxygen atoms in total. The molecule has 2 fully saturated rings. The summed E-state index contributed by atoms with van der Waals surface area (Å²) in [5, 5.41) is 12.1. The van der Waals surface area contributed by atoms with Crippen molar-refractivity contribution in [1.82, 2.24) is 0 Å². The number of rotatable bonds is 12. The molecule has 2 saturated carbocycles. The van der Waals surface area contributed by atoms with E-state index in [9.17, 15) is 0 Å². The maximum absolute atomic E-state index is 2.71. The minimum Gasteiger partial charge on any atom is -0.334 e. The van der Waals surface area contributed by atoms with Crippen molar-refractivity contribution in [3.05, 3.63) is 339 Å². The Morgan fingerprint density at radius 3 is 1.00 bits per heavy atom. The fourth-order valence-corrected chi connectivity index (χ4v) is 20.0. The molecule has 4 heteroatoms. The lowest BCUT2D eigenvalue weighted by atomic mass is 9.61. The number of para-hydroxylation sites is 2. The minimum absolute atomic E-state index is 0.133. The Bertz CT molecular complexity index is 5640. The molecule has 2 heterocycles. The SMILES string of the molecule is CC12CCCCC1(C)N(c1ccccc1)c1ccc(N(c3c(-c4ccccc4)ccc4ccc(-c5ccccc5)cc34)c3ccc4ccc5c(N(c6ccc7c(c6)C6(C)CCCCC6(C)N7c6ccccc6)c6c(-c7ccccc7)ccc7ccc(-c8ccccc8)cc67)ccc6ccc3c4c65)cc12.